The molecule has 3 rings (SSSR count). The first-order valence-corrected chi connectivity index (χ1v) is 7.38. The van der Waals surface area contributed by atoms with Crippen LogP contribution in [0.3, 0.4) is 0 Å². The molecule has 0 fully saturated rings. The first-order valence-electron chi connectivity index (χ1n) is 7.38. The molecule has 0 N–H and O–H groups in total. The van der Waals surface area contributed by atoms with E-state index in [-0.39, 0.29) is 5.91 Å². The molecule has 0 saturated heterocycles. The molecule has 23 heavy (non-hydrogen) atoms. The van der Waals surface area contributed by atoms with Crippen molar-refractivity contribution in [3.8, 4) is 5.69 Å². The van der Waals surface area contributed by atoms with Crippen molar-refractivity contribution in [2.45, 2.75) is 13.8 Å². The molecule has 1 aromatic heterocycles. The van der Waals surface area contributed by atoms with Crippen molar-refractivity contribution in [3.63, 3.8) is 0 Å². The highest BCUT2D eigenvalue weighted by Crippen LogP contribution is 2.14. The molecule has 1 heterocycles. The summed E-state index contributed by atoms with van der Waals surface area (Å²) in [6, 6.07) is 15.4. The number of carbonyl (C=O) groups excluding carboxylic acids is 1. The van der Waals surface area contributed by atoms with E-state index in [2.05, 4.69) is 10.1 Å². The minimum Gasteiger partial charge on any atom is -0.278 e. The largest absolute Gasteiger partial charge is 0.278 e. The van der Waals surface area contributed by atoms with Crippen LogP contribution >= 0.6 is 0 Å². The topological polar surface area (TPSA) is 51.0 Å². The van der Waals surface area contributed by atoms with Crippen LogP contribution in [-0.4, -0.2) is 27.7 Å². The molecular weight excluding hydrogens is 288 g/mol. The Balaban J connectivity index is 1.83. The van der Waals surface area contributed by atoms with Crippen LogP contribution in [0.15, 0.2) is 54.9 Å². The lowest BCUT2D eigenvalue weighted by atomic mass is 10.1. The number of amides is 1. The molecule has 0 aliphatic carbocycles. The molecule has 0 bridgehead atoms. The molecule has 0 unspecified atom stereocenters. The summed E-state index contributed by atoms with van der Waals surface area (Å²) in [6.07, 6.45) is 1.61. The SMILES string of the molecule is Cc1ccc(C(=O)N(C)c2ncn(-c3ccc(C)cc3)n2)cc1. The van der Waals surface area contributed by atoms with Crippen molar-refractivity contribution in [1.29, 1.82) is 0 Å². The van der Waals surface area contributed by atoms with Crippen molar-refractivity contribution < 1.29 is 4.79 Å². The first-order chi connectivity index (χ1) is 11.0. The second kappa shape index (κ2) is 6.04. The molecule has 0 aliphatic heterocycles. The molecule has 0 spiro atoms. The Morgan fingerprint density at radius 2 is 1.52 bits per heavy atom. The Kier molecular flexibility index (Phi) is 3.93. The standard InChI is InChI=1S/C18H18N4O/c1-13-4-8-15(9-5-13)17(23)21(3)18-19-12-22(20-18)16-10-6-14(2)7-11-16/h4-12H,1-3H3. The maximum absolute atomic E-state index is 12.5. The zero-order valence-corrected chi connectivity index (χ0v) is 13.4. The third-order valence-corrected chi connectivity index (χ3v) is 3.68. The van der Waals surface area contributed by atoms with Gasteiger partial charge in [-0.25, -0.2) is 4.68 Å². The molecule has 3 aromatic rings. The number of aryl methyl sites for hydroxylation is 2. The maximum Gasteiger partial charge on any atom is 0.260 e. The quantitative estimate of drug-likeness (QED) is 0.747. The van der Waals surface area contributed by atoms with E-state index in [4.69, 9.17) is 0 Å². The number of carbonyl (C=O) groups is 1. The molecular formula is C18H18N4O. The van der Waals surface area contributed by atoms with Gasteiger partial charge in [0.15, 0.2) is 0 Å². The zero-order chi connectivity index (χ0) is 16.4. The molecule has 5 nitrogen and oxygen atoms in total. The Bertz CT molecular complexity index is 819. The van der Waals surface area contributed by atoms with E-state index in [0.29, 0.717) is 11.5 Å². The molecule has 0 saturated carbocycles. The fourth-order valence-electron chi connectivity index (χ4n) is 2.21. The van der Waals surface area contributed by atoms with E-state index < -0.39 is 0 Å². The summed E-state index contributed by atoms with van der Waals surface area (Å²) in [4.78, 5) is 18.2. The van der Waals surface area contributed by atoms with E-state index in [1.807, 2.05) is 62.4 Å². The predicted octanol–water partition coefficient (Wildman–Crippen LogP) is 3.16. The summed E-state index contributed by atoms with van der Waals surface area (Å²) in [7, 11) is 1.68. The fraction of sp³-hybridized carbons (Fsp3) is 0.167. The van der Waals surface area contributed by atoms with Gasteiger partial charge in [-0.15, -0.1) is 5.10 Å². The van der Waals surface area contributed by atoms with Crippen LogP contribution in [0.4, 0.5) is 5.95 Å². The molecule has 1 amide bonds. The Morgan fingerprint density at radius 3 is 2.13 bits per heavy atom. The van der Waals surface area contributed by atoms with Crippen molar-refractivity contribution in [3.05, 3.63) is 71.5 Å². The van der Waals surface area contributed by atoms with Crippen molar-refractivity contribution >= 4 is 11.9 Å². The number of hydrogen-bond acceptors (Lipinski definition) is 3. The minimum atomic E-state index is -0.133. The normalized spacial score (nSPS) is 10.6. The highest BCUT2D eigenvalue weighted by molar-refractivity contribution is 6.04. The number of aromatic nitrogens is 3. The van der Waals surface area contributed by atoms with Crippen molar-refractivity contribution in [2.75, 3.05) is 11.9 Å². The van der Waals surface area contributed by atoms with Crippen LogP contribution in [0.25, 0.3) is 5.69 Å². The summed E-state index contributed by atoms with van der Waals surface area (Å²) in [5.41, 5.74) is 3.82. The second-order valence-corrected chi connectivity index (χ2v) is 5.55. The summed E-state index contributed by atoms with van der Waals surface area (Å²) < 4.78 is 1.66. The second-order valence-electron chi connectivity index (χ2n) is 5.55. The van der Waals surface area contributed by atoms with E-state index in [1.54, 1.807) is 18.1 Å². The van der Waals surface area contributed by atoms with Gasteiger partial charge in [-0.1, -0.05) is 35.4 Å². The van der Waals surface area contributed by atoms with Gasteiger partial charge < -0.3 is 0 Å². The van der Waals surface area contributed by atoms with Crippen LogP contribution < -0.4 is 4.90 Å². The van der Waals surface area contributed by atoms with Crippen molar-refractivity contribution in [1.82, 2.24) is 14.8 Å². The number of nitrogens with zero attached hydrogens (tertiary/aromatic N) is 4. The van der Waals surface area contributed by atoms with Crippen LogP contribution in [-0.2, 0) is 0 Å². The monoisotopic (exact) mass is 306 g/mol. The average molecular weight is 306 g/mol. The van der Waals surface area contributed by atoms with Gasteiger partial charge in [0, 0.05) is 12.6 Å². The Hall–Kier alpha value is -2.95. The van der Waals surface area contributed by atoms with Gasteiger partial charge in [-0.05, 0) is 38.1 Å². The smallest absolute Gasteiger partial charge is 0.260 e. The van der Waals surface area contributed by atoms with Crippen LogP contribution in [0.1, 0.15) is 21.5 Å². The van der Waals surface area contributed by atoms with Gasteiger partial charge in [0.2, 0.25) is 0 Å². The van der Waals surface area contributed by atoms with Gasteiger partial charge in [-0.2, -0.15) is 4.98 Å². The summed E-state index contributed by atoms with van der Waals surface area (Å²) in [5.74, 6) is 0.239. The lowest BCUT2D eigenvalue weighted by Crippen LogP contribution is -2.27. The third kappa shape index (κ3) is 3.13. The number of anilines is 1. The average Bonchev–Trinajstić information content (AvgIpc) is 3.05. The first kappa shape index (κ1) is 15.0. The number of hydrogen-bond donors (Lipinski definition) is 0. The molecule has 0 atom stereocenters. The highest BCUT2D eigenvalue weighted by atomic mass is 16.2. The highest BCUT2D eigenvalue weighted by Gasteiger charge is 2.17. The van der Waals surface area contributed by atoms with Crippen LogP contribution in [0.2, 0.25) is 0 Å². The summed E-state index contributed by atoms with van der Waals surface area (Å²) >= 11 is 0. The molecule has 2 aromatic carbocycles. The van der Waals surface area contributed by atoms with E-state index in [1.165, 1.54) is 10.5 Å². The Labute approximate surface area is 135 Å². The lowest BCUT2D eigenvalue weighted by Gasteiger charge is -2.13. The minimum absolute atomic E-state index is 0.133. The fourth-order valence-corrected chi connectivity index (χ4v) is 2.21. The van der Waals surface area contributed by atoms with Gasteiger partial charge in [0.05, 0.1) is 5.69 Å². The summed E-state index contributed by atoms with van der Waals surface area (Å²) in [5, 5.41) is 4.38. The maximum atomic E-state index is 12.5. The van der Waals surface area contributed by atoms with Gasteiger partial charge in [-0.3, -0.25) is 9.69 Å². The summed E-state index contributed by atoms with van der Waals surface area (Å²) in [6.45, 7) is 4.02. The zero-order valence-electron chi connectivity index (χ0n) is 13.4. The predicted molar refractivity (Wildman–Crippen MR) is 90.0 cm³/mol. The molecule has 5 heteroatoms. The molecule has 0 radical (unpaired) electrons. The van der Waals surface area contributed by atoms with E-state index in [0.717, 1.165) is 11.3 Å². The van der Waals surface area contributed by atoms with E-state index >= 15 is 0 Å². The van der Waals surface area contributed by atoms with Gasteiger partial charge >= 0.3 is 0 Å². The number of rotatable bonds is 3. The lowest BCUT2D eigenvalue weighted by molar-refractivity contribution is 0.0991. The van der Waals surface area contributed by atoms with E-state index in [9.17, 15) is 4.79 Å². The van der Waals surface area contributed by atoms with Crippen LogP contribution in [0, 0.1) is 13.8 Å². The number of benzene rings is 2. The Morgan fingerprint density at radius 1 is 0.957 bits per heavy atom. The molecule has 116 valence electrons. The molecule has 0 aliphatic rings. The van der Waals surface area contributed by atoms with Gasteiger partial charge in [0.1, 0.15) is 6.33 Å². The third-order valence-electron chi connectivity index (χ3n) is 3.68. The van der Waals surface area contributed by atoms with Crippen molar-refractivity contribution in [2.24, 2.45) is 0 Å². The van der Waals surface area contributed by atoms with Crippen LogP contribution in [0.5, 0.6) is 0 Å². The van der Waals surface area contributed by atoms with Gasteiger partial charge in [0.25, 0.3) is 11.9 Å².